The zero-order valence-corrected chi connectivity index (χ0v) is 15.5. The largest absolute Gasteiger partial charge is 0.440 e. The van der Waals surface area contributed by atoms with Crippen LogP contribution >= 0.6 is 0 Å². The minimum absolute atomic E-state index is 0.240. The number of amides is 1. The number of fused-ring (bicyclic) bond motifs is 2. The molecule has 0 unspecified atom stereocenters. The molecule has 1 saturated heterocycles. The van der Waals surface area contributed by atoms with Crippen molar-refractivity contribution >= 4 is 17.0 Å². The number of aromatic nitrogens is 1. The van der Waals surface area contributed by atoms with Gasteiger partial charge in [0.1, 0.15) is 5.52 Å². The number of piperidine rings is 1. The summed E-state index contributed by atoms with van der Waals surface area (Å²) in [5, 5.41) is 0. The molecule has 2 heterocycles. The molecule has 1 aliphatic carbocycles. The van der Waals surface area contributed by atoms with Crippen molar-refractivity contribution in [3.8, 4) is 0 Å². The van der Waals surface area contributed by atoms with Gasteiger partial charge in [0.2, 0.25) is 5.91 Å². The predicted octanol–water partition coefficient (Wildman–Crippen LogP) is 4.27. The average molecular weight is 360 g/mol. The first-order valence-corrected chi connectivity index (χ1v) is 10.0. The molecular weight excluding hydrogens is 336 g/mol. The van der Waals surface area contributed by atoms with E-state index in [1.807, 2.05) is 29.2 Å². The molecule has 5 rings (SSSR count). The van der Waals surface area contributed by atoms with E-state index in [0.29, 0.717) is 12.3 Å². The van der Waals surface area contributed by atoms with E-state index in [4.69, 9.17) is 4.42 Å². The SMILES string of the molecule is O=C(Cc1ccc2c(c1)CCC2)N1CCC(c2nc3ccccc3o2)CC1. The van der Waals surface area contributed by atoms with E-state index in [-0.39, 0.29) is 5.91 Å². The van der Waals surface area contributed by atoms with Crippen molar-refractivity contribution in [3.63, 3.8) is 0 Å². The number of benzene rings is 2. The number of para-hydroxylation sites is 2. The second-order valence-electron chi connectivity index (χ2n) is 7.81. The average Bonchev–Trinajstić information content (AvgIpc) is 3.34. The lowest BCUT2D eigenvalue weighted by molar-refractivity contribution is -0.131. The van der Waals surface area contributed by atoms with Crippen molar-refractivity contribution in [3.05, 3.63) is 65.0 Å². The van der Waals surface area contributed by atoms with E-state index in [1.54, 1.807) is 0 Å². The number of hydrogen-bond donors (Lipinski definition) is 0. The monoisotopic (exact) mass is 360 g/mol. The van der Waals surface area contributed by atoms with Gasteiger partial charge in [-0.2, -0.15) is 0 Å². The Hall–Kier alpha value is -2.62. The highest BCUT2D eigenvalue weighted by Gasteiger charge is 2.27. The minimum Gasteiger partial charge on any atom is -0.440 e. The normalized spacial score (nSPS) is 17.4. The molecular formula is C23H24N2O2. The highest BCUT2D eigenvalue weighted by Crippen LogP contribution is 2.30. The van der Waals surface area contributed by atoms with E-state index in [9.17, 15) is 4.79 Å². The van der Waals surface area contributed by atoms with Gasteiger partial charge in [-0.15, -0.1) is 0 Å². The molecule has 0 radical (unpaired) electrons. The van der Waals surface area contributed by atoms with Crippen LogP contribution in [0.3, 0.4) is 0 Å². The number of hydrogen-bond acceptors (Lipinski definition) is 3. The van der Waals surface area contributed by atoms with Crippen LogP contribution in [0.4, 0.5) is 0 Å². The number of carbonyl (C=O) groups is 1. The van der Waals surface area contributed by atoms with Gasteiger partial charge in [0.05, 0.1) is 6.42 Å². The van der Waals surface area contributed by atoms with Crippen LogP contribution in [0.5, 0.6) is 0 Å². The maximum atomic E-state index is 12.7. The summed E-state index contributed by atoms with van der Waals surface area (Å²) in [6, 6.07) is 14.5. The third-order valence-electron chi connectivity index (χ3n) is 6.03. The number of oxazole rings is 1. The molecule has 1 aromatic heterocycles. The van der Waals surface area contributed by atoms with Crippen molar-refractivity contribution < 1.29 is 9.21 Å². The summed E-state index contributed by atoms with van der Waals surface area (Å²) in [6.07, 6.45) is 5.95. The molecule has 0 spiro atoms. The van der Waals surface area contributed by atoms with Crippen LogP contribution in [-0.4, -0.2) is 28.9 Å². The fourth-order valence-corrected chi connectivity index (χ4v) is 4.46. The lowest BCUT2D eigenvalue weighted by Gasteiger charge is -2.30. The molecule has 0 atom stereocenters. The molecule has 1 aliphatic heterocycles. The first-order valence-electron chi connectivity index (χ1n) is 10.0. The summed E-state index contributed by atoms with van der Waals surface area (Å²) < 4.78 is 5.93. The molecule has 3 aromatic rings. The molecule has 2 aromatic carbocycles. The summed E-state index contributed by atoms with van der Waals surface area (Å²) in [7, 11) is 0. The summed E-state index contributed by atoms with van der Waals surface area (Å²) in [5.41, 5.74) is 5.83. The van der Waals surface area contributed by atoms with Crippen LogP contribution in [-0.2, 0) is 24.1 Å². The van der Waals surface area contributed by atoms with Crippen LogP contribution in [0.25, 0.3) is 11.1 Å². The molecule has 4 nitrogen and oxygen atoms in total. The summed E-state index contributed by atoms with van der Waals surface area (Å²) in [4.78, 5) is 19.4. The summed E-state index contributed by atoms with van der Waals surface area (Å²) in [6.45, 7) is 1.57. The molecule has 0 N–H and O–H groups in total. The van der Waals surface area contributed by atoms with E-state index < -0.39 is 0 Å². The van der Waals surface area contributed by atoms with Crippen LogP contribution in [0.1, 0.15) is 47.8 Å². The van der Waals surface area contributed by atoms with Gasteiger partial charge >= 0.3 is 0 Å². The predicted molar refractivity (Wildman–Crippen MR) is 105 cm³/mol. The lowest BCUT2D eigenvalue weighted by atomic mass is 9.96. The van der Waals surface area contributed by atoms with Crippen molar-refractivity contribution in [1.29, 1.82) is 0 Å². The highest BCUT2D eigenvalue weighted by molar-refractivity contribution is 5.79. The second-order valence-corrected chi connectivity index (χ2v) is 7.81. The van der Waals surface area contributed by atoms with Gasteiger partial charge in [0.15, 0.2) is 11.5 Å². The molecule has 2 aliphatic rings. The zero-order valence-electron chi connectivity index (χ0n) is 15.5. The fraction of sp³-hybridized carbons (Fsp3) is 0.391. The summed E-state index contributed by atoms with van der Waals surface area (Å²) in [5.74, 6) is 1.37. The molecule has 0 saturated carbocycles. The number of carbonyl (C=O) groups excluding carboxylic acids is 1. The van der Waals surface area contributed by atoms with Crippen molar-refractivity contribution in [1.82, 2.24) is 9.88 Å². The van der Waals surface area contributed by atoms with E-state index in [1.165, 1.54) is 24.0 Å². The van der Waals surface area contributed by atoms with E-state index in [0.717, 1.165) is 54.9 Å². The third kappa shape index (κ3) is 3.25. The van der Waals surface area contributed by atoms with Crippen molar-refractivity contribution in [2.45, 2.75) is 44.4 Å². The lowest BCUT2D eigenvalue weighted by Crippen LogP contribution is -2.38. The minimum atomic E-state index is 0.240. The number of rotatable bonds is 3. The Kier molecular flexibility index (Phi) is 4.19. The van der Waals surface area contributed by atoms with Crippen LogP contribution in [0.15, 0.2) is 46.9 Å². The Morgan fingerprint density at radius 3 is 2.74 bits per heavy atom. The van der Waals surface area contributed by atoms with Gasteiger partial charge in [-0.3, -0.25) is 4.79 Å². The molecule has 4 heteroatoms. The zero-order chi connectivity index (χ0) is 18.2. The maximum Gasteiger partial charge on any atom is 0.226 e. The highest BCUT2D eigenvalue weighted by atomic mass is 16.3. The Morgan fingerprint density at radius 1 is 1.07 bits per heavy atom. The van der Waals surface area contributed by atoms with Gasteiger partial charge in [-0.05, 0) is 60.9 Å². The van der Waals surface area contributed by atoms with Crippen molar-refractivity contribution in [2.75, 3.05) is 13.1 Å². The summed E-state index contributed by atoms with van der Waals surface area (Å²) >= 11 is 0. The Bertz CT molecular complexity index is 950. The number of aryl methyl sites for hydroxylation is 2. The topological polar surface area (TPSA) is 46.3 Å². The number of nitrogens with zero attached hydrogens (tertiary/aromatic N) is 2. The number of likely N-dealkylation sites (tertiary alicyclic amines) is 1. The van der Waals surface area contributed by atoms with Gasteiger partial charge < -0.3 is 9.32 Å². The van der Waals surface area contributed by atoms with Crippen molar-refractivity contribution in [2.24, 2.45) is 0 Å². The fourth-order valence-electron chi connectivity index (χ4n) is 4.46. The van der Waals surface area contributed by atoms with Gasteiger partial charge in [0, 0.05) is 19.0 Å². The van der Waals surface area contributed by atoms with Gasteiger partial charge in [-0.1, -0.05) is 30.3 Å². The first-order chi connectivity index (χ1) is 13.3. The van der Waals surface area contributed by atoms with Crippen LogP contribution in [0, 0.1) is 0 Å². The Morgan fingerprint density at radius 2 is 1.89 bits per heavy atom. The molecule has 1 fully saturated rings. The van der Waals surface area contributed by atoms with Crippen LogP contribution in [0.2, 0.25) is 0 Å². The molecule has 27 heavy (non-hydrogen) atoms. The molecule has 0 bridgehead atoms. The Balaban J connectivity index is 1.21. The third-order valence-corrected chi connectivity index (χ3v) is 6.03. The van der Waals surface area contributed by atoms with Gasteiger partial charge in [0.25, 0.3) is 0 Å². The standard InChI is InChI=1S/C23H24N2O2/c26-22(15-16-8-9-17-4-3-5-19(17)14-16)25-12-10-18(11-13-25)23-24-20-6-1-2-7-21(20)27-23/h1-2,6-9,14,18H,3-5,10-13,15H2. The maximum absolute atomic E-state index is 12.7. The van der Waals surface area contributed by atoms with Crippen LogP contribution < -0.4 is 0 Å². The second kappa shape index (κ2) is 6.84. The molecule has 138 valence electrons. The van der Waals surface area contributed by atoms with E-state index >= 15 is 0 Å². The quantitative estimate of drug-likeness (QED) is 0.701. The van der Waals surface area contributed by atoms with E-state index in [2.05, 4.69) is 23.2 Å². The van der Waals surface area contributed by atoms with Gasteiger partial charge in [-0.25, -0.2) is 4.98 Å². The Labute approximate surface area is 159 Å². The first kappa shape index (κ1) is 16.5. The smallest absolute Gasteiger partial charge is 0.226 e. The molecule has 1 amide bonds.